The summed E-state index contributed by atoms with van der Waals surface area (Å²) in [5.74, 6) is 0.0116. The number of nitrogens with zero attached hydrogens (tertiary/aromatic N) is 4. The van der Waals surface area contributed by atoms with Gasteiger partial charge in [0.15, 0.2) is 11.6 Å². The van der Waals surface area contributed by atoms with Crippen molar-refractivity contribution in [1.82, 2.24) is 9.38 Å². The molecule has 2 heterocycles. The fourth-order valence-electron chi connectivity index (χ4n) is 2.51. The summed E-state index contributed by atoms with van der Waals surface area (Å²) in [7, 11) is 1.33. The zero-order chi connectivity index (χ0) is 18.7. The van der Waals surface area contributed by atoms with E-state index in [1.165, 1.54) is 14.0 Å². The molecule has 132 valence electrons. The van der Waals surface area contributed by atoms with Crippen molar-refractivity contribution in [3.8, 4) is 0 Å². The molecule has 0 aliphatic carbocycles. The molecule has 0 saturated carbocycles. The smallest absolute Gasteiger partial charge is 0.311 e. The summed E-state index contributed by atoms with van der Waals surface area (Å²) in [6.45, 7) is 3.46. The van der Waals surface area contributed by atoms with Crippen molar-refractivity contribution in [1.29, 1.82) is 0 Å². The van der Waals surface area contributed by atoms with Crippen LogP contribution in [0.5, 0.6) is 0 Å². The van der Waals surface area contributed by atoms with Gasteiger partial charge in [-0.2, -0.15) is 0 Å². The van der Waals surface area contributed by atoms with Gasteiger partial charge >= 0.3 is 5.97 Å². The molecule has 0 saturated heterocycles. The average Bonchev–Trinajstić information content (AvgIpc) is 2.96. The van der Waals surface area contributed by atoms with E-state index in [1.807, 2.05) is 25.3 Å². The molecule has 0 amide bonds. The van der Waals surface area contributed by atoms with Gasteiger partial charge in [-0.3, -0.25) is 14.0 Å². The van der Waals surface area contributed by atoms with E-state index in [0.717, 1.165) is 5.56 Å². The summed E-state index contributed by atoms with van der Waals surface area (Å²) in [6, 6.07) is 10.7. The molecule has 3 aromatic rings. The number of aryl methyl sites for hydroxylation is 1. The number of methoxy groups -OCH3 is 1. The van der Waals surface area contributed by atoms with Crippen molar-refractivity contribution < 1.29 is 14.3 Å². The van der Waals surface area contributed by atoms with Crippen molar-refractivity contribution in [2.75, 3.05) is 7.11 Å². The summed E-state index contributed by atoms with van der Waals surface area (Å²) >= 11 is 0. The molecular formula is C19H18N4O3. The highest BCUT2D eigenvalue weighted by atomic mass is 16.5. The molecule has 0 radical (unpaired) electrons. The Morgan fingerprint density at radius 1 is 1.19 bits per heavy atom. The van der Waals surface area contributed by atoms with Crippen molar-refractivity contribution >= 4 is 28.9 Å². The minimum atomic E-state index is -0.403. The third kappa shape index (κ3) is 3.66. The molecule has 0 aliphatic rings. The van der Waals surface area contributed by atoms with Crippen LogP contribution in [0.15, 0.2) is 52.8 Å². The first kappa shape index (κ1) is 17.5. The molecule has 0 bridgehead atoms. The molecule has 2 aromatic heterocycles. The van der Waals surface area contributed by atoms with Gasteiger partial charge in [-0.1, -0.05) is 12.1 Å². The van der Waals surface area contributed by atoms with Crippen molar-refractivity contribution in [3.05, 3.63) is 59.4 Å². The van der Waals surface area contributed by atoms with E-state index in [1.54, 1.807) is 28.7 Å². The monoisotopic (exact) mass is 350 g/mol. The maximum Gasteiger partial charge on any atom is 0.311 e. The second kappa shape index (κ2) is 7.26. The first-order valence-electron chi connectivity index (χ1n) is 8.05. The Hall–Kier alpha value is -3.35. The second-order valence-corrected chi connectivity index (χ2v) is 5.87. The maximum atomic E-state index is 11.7. The number of esters is 1. The molecule has 0 fully saturated rings. The van der Waals surface area contributed by atoms with Gasteiger partial charge in [0.2, 0.25) is 0 Å². The molecule has 1 aromatic carbocycles. The topological polar surface area (TPSA) is 85.4 Å². The Bertz CT molecular complexity index is 1020. The number of rotatable bonds is 5. The summed E-state index contributed by atoms with van der Waals surface area (Å²) in [4.78, 5) is 27.7. The van der Waals surface area contributed by atoms with Crippen LogP contribution in [-0.2, 0) is 16.0 Å². The number of ether oxygens (including phenoxy) is 1. The first-order valence-corrected chi connectivity index (χ1v) is 8.05. The summed E-state index contributed by atoms with van der Waals surface area (Å²) in [5.41, 5.74) is 3.31. The number of carbonyl (C=O) groups is 2. The fourth-order valence-corrected chi connectivity index (χ4v) is 2.51. The zero-order valence-electron chi connectivity index (χ0n) is 14.8. The van der Waals surface area contributed by atoms with E-state index >= 15 is 0 Å². The molecule has 0 unspecified atom stereocenters. The standard InChI is InChI=1S/C19H18N4O3/c1-12-7-8-23-17(9-12)20-16(11-18(25)26-3)19(23)22-21-15-6-4-5-14(10-15)13(2)24/h4-10H,11H2,1-3H3. The van der Waals surface area contributed by atoms with Gasteiger partial charge in [-0.05, 0) is 43.7 Å². The fraction of sp³-hybridized carbons (Fsp3) is 0.211. The van der Waals surface area contributed by atoms with Crippen LogP contribution in [0.2, 0.25) is 0 Å². The lowest BCUT2D eigenvalue weighted by Gasteiger charge is -2.00. The predicted molar refractivity (Wildman–Crippen MR) is 96.3 cm³/mol. The molecular weight excluding hydrogens is 332 g/mol. The number of imidazole rings is 1. The first-order chi connectivity index (χ1) is 12.5. The Morgan fingerprint density at radius 2 is 2.00 bits per heavy atom. The van der Waals surface area contributed by atoms with Gasteiger partial charge in [0.1, 0.15) is 5.65 Å². The van der Waals surface area contributed by atoms with E-state index in [4.69, 9.17) is 4.74 Å². The molecule has 0 spiro atoms. The van der Waals surface area contributed by atoms with Crippen LogP contribution in [0.1, 0.15) is 28.5 Å². The quantitative estimate of drug-likeness (QED) is 0.396. The molecule has 0 atom stereocenters. The highest BCUT2D eigenvalue weighted by molar-refractivity contribution is 5.94. The largest absolute Gasteiger partial charge is 0.469 e. The van der Waals surface area contributed by atoms with Crippen LogP contribution in [-0.4, -0.2) is 28.2 Å². The highest BCUT2D eigenvalue weighted by Gasteiger charge is 2.16. The molecule has 26 heavy (non-hydrogen) atoms. The SMILES string of the molecule is COC(=O)Cc1nc2cc(C)ccn2c1N=Nc1cccc(C(C)=O)c1. The number of hydrogen-bond acceptors (Lipinski definition) is 6. The number of benzene rings is 1. The van der Waals surface area contributed by atoms with Crippen LogP contribution in [0, 0.1) is 6.92 Å². The number of ketones is 1. The lowest BCUT2D eigenvalue weighted by atomic mass is 10.1. The van der Waals surface area contributed by atoms with E-state index in [0.29, 0.717) is 28.4 Å². The van der Waals surface area contributed by atoms with E-state index in [9.17, 15) is 9.59 Å². The molecule has 7 nitrogen and oxygen atoms in total. The maximum absolute atomic E-state index is 11.7. The van der Waals surface area contributed by atoms with Crippen LogP contribution < -0.4 is 0 Å². The van der Waals surface area contributed by atoms with Crippen LogP contribution >= 0.6 is 0 Å². The zero-order valence-corrected chi connectivity index (χ0v) is 14.8. The minimum Gasteiger partial charge on any atom is -0.469 e. The lowest BCUT2D eigenvalue weighted by molar-refractivity contribution is -0.139. The van der Waals surface area contributed by atoms with Crippen LogP contribution in [0.3, 0.4) is 0 Å². The Labute approximate surface area is 150 Å². The number of azo groups is 1. The third-order valence-electron chi connectivity index (χ3n) is 3.88. The highest BCUT2D eigenvalue weighted by Crippen LogP contribution is 2.26. The number of fused-ring (bicyclic) bond motifs is 1. The minimum absolute atomic E-state index is 0.000926. The van der Waals surface area contributed by atoms with E-state index in [-0.39, 0.29) is 12.2 Å². The number of Topliss-reactive ketones (excluding diaryl/α,β-unsaturated/α-hetero) is 1. The number of pyridine rings is 1. The third-order valence-corrected chi connectivity index (χ3v) is 3.88. The molecule has 0 aliphatic heterocycles. The van der Waals surface area contributed by atoms with Gasteiger partial charge in [-0.25, -0.2) is 4.98 Å². The Morgan fingerprint density at radius 3 is 2.73 bits per heavy atom. The summed E-state index contributed by atoms with van der Waals surface area (Å²) < 4.78 is 6.50. The van der Waals surface area contributed by atoms with Gasteiger partial charge in [0, 0.05) is 11.8 Å². The van der Waals surface area contributed by atoms with Crippen molar-refractivity contribution in [3.63, 3.8) is 0 Å². The van der Waals surface area contributed by atoms with Crippen LogP contribution in [0.4, 0.5) is 11.5 Å². The van der Waals surface area contributed by atoms with E-state index < -0.39 is 5.97 Å². The lowest BCUT2D eigenvalue weighted by Crippen LogP contribution is -2.04. The molecule has 3 rings (SSSR count). The molecule has 7 heteroatoms. The van der Waals surface area contributed by atoms with Crippen molar-refractivity contribution in [2.45, 2.75) is 20.3 Å². The Kier molecular flexibility index (Phi) is 4.88. The van der Waals surface area contributed by atoms with Crippen molar-refractivity contribution in [2.24, 2.45) is 10.2 Å². The summed E-state index contributed by atoms with van der Waals surface area (Å²) in [5, 5.41) is 8.51. The number of carbonyl (C=O) groups excluding carboxylic acids is 2. The molecule has 0 N–H and O–H groups in total. The van der Waals surface area contributed by atoms with Gasteiger partial charge in [-0.15, -0.1) is 10.2 Å². The van der Waals surface area contributed by atoms with Gasteiger partial charge in [0.25, 0.3) is 0 Å². The second-order valence-electron chi connectivity index (χ2n) is 5.87. The van der Waals surface area contributed by atoms with E-state index in [2.05, 4.69) is 15.2 Å². The Balaban J connectivity index is 2.04. The van der Waals surface area contributed by atoms with Gasteiger partial charge < -0.3 is 4.74 Å². The average molecular weight is 350 g/mol. The number of aromatic nitrogens is 2. The summed E-state index contributed by atoms with van der Waals surface area (Å²) in [6.07, 6.45) is 1.83. The normalized spacial score (nSPS) is 11.2. The predicted octanol–water partition coefficient (Wildman–Crippen LogP) is 3.98. The van der Waals surface area contributed by atoms with Gasteiger partial charge in [0.05, 0.1) is 24.9 Å². The number of hydrogen-bond donors (Lipinski definition) is 0. The van der Waals surface area contributed by atoms with Crippen LogP contribution in [0.25, 0.3) is 5.65 Å².